The van der Waals surface area contributed by atoms with Crippen molar-refractivity contribution in [3.05, 3.63) is 0 Å². The first kappa shape index (κ1) is 13.4. The lowest BCUT2D eigenvalue weighted by Crippen LogP contribution is -2.39. The molecule has 0 bridgehead atoms. The first-order chi connectivity index (χ1) is 7.51. The van der Waals surface area contributed by atoms with Crippen LogP contribution in [0.4, 0.5) is 0 Å². The largest absolute Gasteiger partial charge is 0.469 e. The lowest BCUT2D eigenvalue weighted by Gasteiger charge is -2.21. The number of esters is 1. The van der Waals surface area contributed by atoms with Gasteiger partial charge in [0.05, 0.1) is 25.9 Å². The molecule has 1 aliphatic heterocycles. The SMILES string of the molecule is COC(=O)CCS(=O)(=O)N1CCC[C@@H]1CO. The Bertz CT molecular complexity index is 340. The van der Waals surface area contributed by atoms with Crippen LogP contribution in [0, 0.1) is 0 Å². The van der Waals surface area contributed by atoms with Crippen molar-refractivity contribution in [2.75, 3.05) is 26.0 Å². The van der Waals surface area contributed by atoms with Crippen LogP contribution in [0.3, 0.4) is 0 Å². The monoisotopic (exact) mass is 251 g/mol. The molecule has 0 unspecified atom stereocenters. The van der Waals surface area contributed by atoms with Crippen molar-refractivity contribution in [1.29, 1.82) is 0 Å². The maximum absolute atomic E-state index is 11.8. The van der Waals surface area contributed by atoms with E-state index in [1.807, 2.05) is 0 Å². The van der Waals surface area contributed by atoms with Crippen LogP contribution >= 0.6 is 0 Å². The minimum atomic E-state index is -3.45. The van der Waals surface area contributed by atoms with Crippen LogP contribution < -0.4 is 0 Å². The third kappa shape index (κ3) is 3.16. The topological polar surface area (TPSA) is 83.9 Å². The normalized spacial score (nSPS) is 22.2. The molecule has 94 valence electrons. The van der Waals surface area contributed by atoms with Gasteiger partial charge in [0.1, 0.15) is 0 Å². The van der Waals surface area contributed by atoms with E-state index in [9.17, 15) is 13.2 Å². The average molecular weight is 251 g/mol. The smallest absolute Gasteiger partial charge is 0.306 e. The van der Waals surface area contributed by atoms with Gasteiger partial charge in [-0.25, -0.2) is 8.42 Å². The minimum Gasteiger partial charge on any atom is -0.469 e. The van der Waals surface area contributed by atoms with Crippen molar-refractivity contribution in [3.63, 3.8) is 0 Å². The Balaban J connectivity index is 2.59. The molecule has 0 radical (unpaired) electrons. The summed E-state index contributed by atoms with van der Waals surface area (Å²) in [6.45, 7) is 0.256. The molecule has 0 spiro atoms. The van der Waals surface area contributed by atoms with Gasteiger partial charge in [-0.15, -0.1) is 0 Å². The zero-order valence-electron chi connectivity index (χ0n) is 9.26. The van der Waals surface area contributed by atoms with E-state index in [0.717, 1.165) is 6.42 Å². The molecule has 0 aromatic rings. The second kappa shape index (κ2) is 5.60. The number of hydrogen-bond acceptors (Lipinski definition) is 5. The maximum Gasteiger partial charge on any atom is 0.306 e. The molecule has 7 heteroatoms. The molecule has 1 heterocycles. The summed E-state index contributed by atoms with van der Waals surface area (Å²) in [5.41, 5.74) is 0. The third-order valence-corrected chi connectivity index (χ3v) is 4.60. The molecule has 0 aromatic heterocycles. The summed E-state index contributed by atoms with van der Waals surface area (Å²) >= 11 is 0. The highest BCUT2D eigenvalue weighted by molar-refractivity contribution is 7.89. The Labute approximate surface area is 95.2 Å². The Morgan fingerprint density at radius 2 is 2.25 bits per heavy atom. The van der Waals surface area contributed by atoms with E-state index in [0.29, 0.717) is 13.0 Å². The number of methoxy groups -OCH3 is 1. The van der Waals surface area contributed by atoms with Crippen molar-refractivity contribution >= 4 is 16.0 Å². The predicted molar refractivity (Wildman–Crippen MR) is 57.2 cm³/mol. The van der Waals surface area contributed by atoms with Crippen LogP contribution in [0.5, 0.6) is 0 Å². The van der Waals surface area contributed by atoms with E-state index in [2.05, 4.69) is 4.74 Å². The molecule has 1 fully saturated rings. The fourth-order valence-corrected chi connectivity index (χ4v) is 3.48. The number of aliphatic hydroxyl groups is 1. The van der Waals surface area contributed by atoms with E-state index in [-0.39, 0.29) is 24.8 Å². The Morgan fingerprint density at radius 1 is 1.56 bits per heavy atom. The second-order valence-electron chi connectivity index (χ2n) is 3.73. The Kier molecular flexibility index (Phi) is 4.69. The highest BCUT2D eigenvalue weighted by Crippen LogP contribution is 2.21. The predicted octanol–water partition coefficient (Wildman–Crippen LogP) is -0.664. The second-order valence-corrected chi connectivity index (χ2v) is 5.77. The van der Waals surface area contributed by atoms with E-state index in [4.69, 9.17) is 5.11 Å². The summed E-state index contributed by atoms with van der Waals surface area (Å²) in [5.74, 6) is -0.792. The molecule has 0 aromatic carbocycles. The minimum absolute atomic E-state index is 0.145. The van der Waals surface area contributed by atoms with Crippen molar-refractivity contribution < 1.29 is 23.1 Å². The van der Waals surface area contributed by atoms with Crippen LogP contribution in [0.15, 0.2) is 0 Å². The van der Waals surface area contributed by atoms with Crippen molar-refractivity contribution in [1.82, 2.24) is 4.31 Å². The van der Waals surface area contributed by atoms with Crippen molar-refractivity contribution in [2.45, 2.75) is 25.3 Å². The quantitative estimate of drug-likeness (QED) is 0.655. The Hall–Kier alpha value is -0.660. The van der Waals surface area contributed by atoms with Crippen molar-refractivity contribution in [3.8, 4) is 0 Å². The summed E-state index contributed by atoms with van der Waals surface area (Å²) in [6, 6.07) is -0.331. The molecule has 0 amide bonds. The highest BCUT2D eigenvalue weighted by Gasteiger charge is 2.33. The molecule has 1 rings (SSSR count). The summed E-state index contributed by atoms with van der Waals surface area (Å²) in [5, 5.41) is 9.03. The van der Waals surface area contributed by atoms with Crippen molar-refractivity contribution in [2.24, 2.45) is 0 Å². The zero-order valence-corrected chi connectivity index (χ0v) is 10.1. The molecule has 1 atom stereocenters. The number of nitrogens with zero attached hydrogens (tertiary/aromatic N) is 1. The first-order valence-electron chi connectivity index (χ1n) is 5.18. The van der Waals surface area contributed by atoms with Gasteiger partial charge in [0.25, 0.3) is 0 Å². The summed E-state index contributed by atoms with van der Waals surface area (Å²) < 4.78 is 29.3. The molecular formula is C9H17NO5S. The Morgan fingerprint density at radius 3 is 2.81 bits per heavy atom. The van der Waals surface area contributed by atoms with E-state index < -0.39 is 16.0 Å². The van der Waals surface area contributed by atoms with Gasteiger partial charge in [-0.05, 0) is 12.8 Å². The fourth-order valence-electron chi connectivity index (χ4n) is 1.79. The average Bonchev–Trinajstić information content (AvgIpc) is 2.74. The fraction of sp³-hybridized carbons (Fsp3) is 0.889. The zero-order chi connectivity index (χ0) is 12.2. The molecule has 1 aliphatic rings. The lowest BCUT2D eigenvalue weighted by atomic mass is 10.2. The molecule has 6 nitrogen and oxygen atoms in total. The van der Waals surface area contributed by atoms with E-state index in [1.54, 1.807) is 0 Å². The maximum atomic E-state index is 11.8. The number of hydrogen-bond donors (Lipinski definition) is 1. The van der Waals surface area contributed by atoms with Gasteiger partial charge in [-0.2, -0.15) is 4.31 Å². The van der Waals surface area contributed by atoms with Gasteiger partial charge >= 0.3 is 5.97 Å². The summed E-state index contributed by atoms with van der Waals surface area (Å²) in [7, 11) is -2.23. The van der Waals surface area contributed by atoms with Gasteiger partial charge < -0.3 is 9.84 Å². The van der Waals surface area contributed by atoms with Gasteiger partial charge in [0, 0.05) is 12.6 Å². The molecule has 0 saturated carbocycles. The van der Waals surface area contributed by atoms with Gasteiger partial charge in [0.15, 0.2) is 0 Å². The lowest BCUT2D eigenvalue weighted by molar-refractivity contribution is -0.140. The van der Waals surface area contributed by atoms with Gasteiger partial charge in [-0.1, -0.05) is 0 Å². The first-order valence-corrected chi connectivity index (χ1v) is 6.79. The summed E-state index contributed by atoms with van der Waals surface area (Å²) in [4.78, 5) is 10.9. The van der Waals surface area contributed by atoms with Crippen LogP contribution in [-0.4, -0.2) is 55.9 Å². The van der Waals surface area contributed by atoms with Crippen LogP contribution in [-0.2, 0) is 19.6 Å². The molecule has 1 N–H and O–H groups in total. The highest BCUT2D eigenvalue weighted by atomic mass is 32.2. The van der Waals surface area contributed by atoms with Crippen LogP contribution in [0.1, 0.15) is 19.3 Å². The summed E-state index contributed by atoms with van der Waals surface area (Å²) in [6.07, 6.45) is 1.28. The molecule has 1 saturated heterocycles. The number of carbonyl (C=O) groups is 1. The molecular weight excluding hydrogens is 234 g/mol. The number of aliphatic hydroxyl groups excluding tert-OH is 1. The van der Waals surface area contributed by atoms with Gasteiger partial charge in [-0.3, -0.25) is 4.79 Å². The number of rotatable bonds is 5. The number of carbonyl (C=O) groups excluding carboxylic acids is 1. The standard InChI is InChI=1S/C9H17NO5S/c1-15-9(12)4-6-16(13,14)10-5-2-3-8(10)7-11/h8,11H,2-7H2,1H3/t8-/m1/s1. The molecule has 0 aliphatic carbocycles. The third-order valence-electron chi connectivity index (χ3n) is 2.68. The van der Waals surface area contributed by atoms with Crippen LogP contribution in [0.2, 0.25) is 0 Å². The van der Waals surface area contributed by atoms with E-state index >= 15 is 0 Å². The van der Waals surface area contributed by atoms with Gasteiger partial charge in [0.2, 0.25) is 10.0 Å². The molecule has 16 heavy (non-hydrogen) atoms. The van der Waals surface area contributed by atoms with Crippen LogP contribution in [0.25, 0.3) is 0 Å². The number of sulfonamides is 1. The number of ether oxygens (including phenoxy) is 1. The van der Waals surface area contributed by atoms with E-state index in [1.165, 1.54) is 11.4 Å².